The van der Waals surface area contributed by atoms with Crippen molar-refractivity contribution in [1.82, 2.24) is 15.1 Å². The summed E-state index contributed by atoms with van der Waals surface area (Å²) in [6, 6.07) is 2.08. The Morgan fingerprint density at radius 1 is 1.38 bits per heavy atom. The summed E-state index contributed by atoms with van der Waals surface area (Å²) in [4.78, 5) is 0. The first-order chi connectivity index (χ1) is 7.75. The standard InChI is InChI=1S/C13H23N3/c1-11-3-5-12(6-4-11)9-14-10-13-7-8-15-16(13)2/h7-8,11-12,14H,3-6,9-10H2,1-2H3. The summed E-state index contributed by atoms with van der Waals surface area (Å²) >= 11 is 0. The first-order valence-corrected chi connectivity index (χ1v) is 6.43. The predicted molar refractivity (Wildman–Crippen MR) is 66.0 cm³/mol. The summed E-state index contributed by atoms with van der Waals surface area (Å²) < 4.78 is 1.94. The molecule has 0 aromatic carbocycles. The number of hydrogen-bond acceptors (Lipinski definition) is 2. The SMILES string of the molecule is CC1CCC(CNCc2ccnn2C)CC1. The third-order valence-electron chi connectivity index (χ3n) is 3.80. The van der Waals surface area contributed by atoms with Crippen molar-refractivity contribution >= 4 is 0 Å². The van der Waals surface area contributed by atoms with Gasteiger partial charge < -0.3 is 5.32 Å². The van der Waals surface area contributed by atoms with E-state index < -0.39 is 0 Å². The average molecular weight is 221 g/mol. The molecule has 1 aliphatic carbocycles. The Hall–Kier alpha value is -0.830. The zero-order valence-electron chi connectivity index (χ0n) is 10.4. The van der Waals surface area contributed by atoms with Crippen LogP contribution in [0.4, 0.5) is 0 Å². The fraction of sp³-hybridized carbons (Fsp3) is 0.769. The number of hydrogen-bond donors (Lipinski definition) is 1. The molecule has 2 rings (SSSR count). The minimum absolute atomic E-state index is 0.893. The van der Waals surface area contributed by atoms with Gasteiger partial charge in [0.2, 0.25) is 0 Å². The minimum Gasteiger partial charge on any atom is -0.311 e. The predicted octanol–water partition coefficient (Wildman–Crippen LogP) is 2.34. The summed E-state index contributed by atoms with van der Waals surface area (Å²) in [5, 5.41) is 7.72. The van der Waals surface area contributed by atoms with Crippen molar-refractivity contribution in [3.8, 4) is 0 Å². The van der Waals surface area contributed by atoms with Gasteiger partial charge in [-0.25, -0.2) is 0 Å². The molecule has 0 unspecified atom stereocenters. The number of rotatable bonds is 4. The van der Waals surface area contributed by atoms with Crippen LogP contribution in [0.2, 0.25) is 0 Å². The highest BCUT2D eigenvalue weighted by Crippen LogP contribution is 2.27. The summed E-state index contributed by atoms with van der Waals surface area (Å²) in [6.07, 6.45) is 7.49. The zero-order valence-corrected chi connectivity index (χ0v) is 10.4. The van der Waals surface area contributed by atoms with Gasteiger partial charge in [-0.05, 0) is 37.3 Å². The van der Waals surface area contributed by atoms with Gasteiger partial charge in [0, 0.05) is 19.8 Å². The van der Waals surface area contributed by atoms with E-state index in [9.17, 15) is 0 Å². The smallest absolute Gasteiger partial charge is 0.0518 e. The molecule has 3 nitrogen and oxygen atoms in total. The van der Waals surface area contributed by atoms with Crippen LogP contribution in [-0.4, -0.2) is 16.3 Å². The molecule has 0 spiro atoms. The molecule has 1 aromatic rings. The van der Waals surface area contributed by atoms with E-state index in [0.717, 1.165) is 24.9 Å². The molecule has 1 saturated carbocycles. The molecule has 0 atom stereocenters. The molecule has 1 fully saturated rings. The molecule has 0 radical (unpaired) electrons. The second-order valence-corrected chi connectivity index (χ2v) is 5.20. The first-order valence-electron chi connectivity index (χ1n) is 6.43. The molecule has 0 aliphatic heterocycles. The van der Waals surface area contributed by atoms with Gasteiger partial charge in [-0.3, -0.25) is 4.68 Å². The second kappa shape index (κ2) is 5.48. The van der Waals surface area contributed by atoms with Crippen molar-refractivity contribution in [3.63, 3.8) is 0 Å². The van der Waals surface area contributed by atoms with Crippen molar-refractivity contribution in [1.29, 1.82) is 0 Å². The Balaban J connectivity index is 1.67. The van der Waals surface area contributed by atoms with E-state index in [1.54, 1.807) is 0 Å². The summed E-state index contributed by atoms with van der Waals surface area (Å²) in [5.74, 6) is 1.85. The van der Waals surface area contributed by atoms with Gasteiger partial charge in [-0.2, -0.15) is 5.10 Å². The van der Waals surface area contributed by atoms with Crippen molar-refractivity contribution in [2.45, 2.75) is 39.2 Å². The van der Waals surface area contributed by atoms with Gasteiger partial charge in [0.05, 0.1) is 5.69 Å². The van der Waals surface area contributed by atoms with Gasteiger partial charge in [0.1, 0.15) is 0 Å². The minimum atomic E-state index is 0.893. The van der Waals surface area contributed by atoms with E-state index >= 15 is 0 Å². The van der Waals surface area contributed by atoms with E-state index in [1.165, 1.54) is 31.4 Å². The maximum absolute atomic E-state index is 4.17. The van der Waals surface area contributed by atoms with Crippen LogP contribution >= 0.6 is 0 Å². The Labute approximate surface area is 98.2 Å². The number of aromatic nitrogens is 2. The summed E-state index contributed by atoms with van der Waals surface area (Å²) in [7, 11) is 2.00. The van der Waals surface area contributed by atoms with Gasteiger partial charge in [-0.1, -0.05) is 19.8 Å². The summed E-state index contributed by atoms with van der Waals surface area (Å²) in [5.41, 5.74) is 1.27. The molecular weight excluding hydrogens is 198 g/mol. The van der Waals surface area contributed by atoms with Gasteiger partial charge in [-0.15, -0.1) is 0 Å². The monoisotopic (exact) mass is 221 g/mol. The van der Waals surface area contributed by atoms with Crippen LogP contribution in [0, 0.1) is 11.8 Å². The first kappa shape index (κ1) is 11.6. The number of nitrogens with zero attached hydrogens (tertiary/aromatic N) is 2. The molecular formula is C13H23N3. The molecule has 1 N–H and O–H groups in total. The lowest BCUT2D eigenvalue weighted by atomic mass is 9.83. The highest BCUT2D eigenvalue weighted by molar-refractivity contribution is 4.99. The van der Waals surface area contributed by atoms with Crippen molar-refractivity contribution in [2.24, 2.45) is 18.9 Å². The average Bonchev–Trinajstić information content (AvgIpc) is 2.68. The molecule has 0 saturated heterocycles. The molecule has 1 aromatic heterocycles. The Morgan fingerprint density at radius 3 is 2.75 bits per heavy atom. The Morgan fingerprint density at radius 2 is 2.12 bits per heavy atom. The molecule has 1 aliphatic rings. The second-order valence-electron chi connectivity index (χ2n) is 5.20. The van der Waals surface area contributed by atoms with E-state index in [-0.39, 0.29) is 0 Å². The highest BCUT2D eigenvalue weighted by Gasteiger charge is 2.17. The van der Waals surface area contributed by atoms with Crippen molar-refractivity contribution in [3.05, 3.63) is 18.0 Å². The van der Waals surface area contributed by atoms with Gasteiger partial charge in [0.25, 0.3) is 0 Å². The molecule has 3 heteroatoms. The normalized spacial score (nSPS) is 25.9. The van der Waals surface area contributed by atoms with Crippen LogP contribution in [0.15, 0.2) is 12.3 Å². The lowest BCUT2D eigenvalue weighted by molar-refractivity contribution is 0.281. The van der Waals surface area contributed by atoms with Crippen LogP contribution in [0.3, 0.4) is 0 Å². The summed E-state index contributed by atoms with van der Waals surface area (Å²) in [6.45, 7) is 4.49. The lowest BCUT2D eigenvalue weighted by Gasteiger charge is -2.26. The number of nitrogens with one attached hydrogen (secondary N) is 1. The maximum Gasteiger partial charge on any atom is 0.0518 e. The van der Waals surface area contributed by atoms with E-state index in [1.807, 2.05) is 17.9 Å². The third kappa shape index (κ3) is 3.08. The van der Waals surface area contributed by atoms with E-state index in [2.05, 4.69) is 23.4 Å². The molecule has 1 heterocycles. The number of aryl methyl sites for hydroxylation is 1. The quantitative estimate of drug-likeness (QED) is 0.845. The van der Waals surface area contributed by atoms with E-state index in [4.69, 9.17) is 0 Å². The van der Waals surface area contributed by atoms with Crippen LogP contribution in [0.5, 0.6) is 0 Å². The fourth-order valence-corrected chi connectivity index (χ4v) is 2.51. The fourth-order valence-electron chi connectivity index (χ4n) is 2.51. The van der Waals surface area contributed by atoms with Gasteiger partial charge in [0.15, 0.2) is 0 Å². The van der Waals surface area contributed by atoms with Crippen LogP contribution in [0.1, 0.15) is 38.3 Å². The highest BCUT2D eigenvalue weighted by atomic mass is 15.3. The molecule has 0 amide bonds. The largest absolute Gasteiger partial charge is 0.311 e. The van der Waals surface area contributed by atoms with Crippen LogP contribution in [0.25, 0.3) is 0 Å². The Bertz CT molecular complexity index is 311. The van der Waals surface area contributed by atoms with Crippen molar-refractivity contribution in [2.75, 3.05) is 6.54 Å². The zero-order chi connectivity index (χ0) is 11.4. The van der Waals surface area contributed by atoms with Gasteiger partial charge >= 0.3 is 0 Å². The third-order valence-corrected chi connectivity index (χ3v) is 3.80. The van der Waals surface area contributed by atoms with Crippen LogP contribution in [-0.2, 0) is 13.6 Å². The maximum atomic E-state index is 4.17. The lowest BCUT2D eigenvalue weighted by Crippen LogP contribution is -2.26. The molecule has 90 valence electrons. The molecule has 0 bridgehead atoms. The molecule has 16 heavy (non-hydrogen) atoms. The Kier molecular flexibility index (Phi) is 3.99. The van der Waals surface area contributed by atoms with Crippen molar-refractivity contribution < 1.29 is 0 Å². The topological polar surface area (TPSA) is 29.9 Å². The van der Waals surface area contributed by atoms with E-state index in [0.29, 0.717) is 0 Å². The van der Waals surface area contributed by atoms with Crippen LogP contribution < -0.4 is 5.32 Å².